The van der Waals surface area contributed by atoms with Crippen LogP contribution in [0.15, 0.2) is 23.7 Å². The first-order valence-corrected chi connectivity index (χ1v) is 9.23. The quantitative estimate of drug-likeness (QED) is 0.908. The second-order valence-corrected chi connectivity index (χ2v) is 7.72. The normalized spacial score (nSPS) is 20.1. The minimum atomic E-state index is -3.31. The lowest BCUT2D eigenvalue weighted by Crippen LogP contribution is -2.40. The van der Waals surface area contributed by atoms with Crippen molar-refractivity contribution in [2.24, 2.45) is 0 Å². The van der Waals surface area contributed by atoms with Crippen molar-refractivity contribution in [2.45, 2.75) is 25.3 Å². The second kappa shape index (κ2) is 5.67. The van der Waals surface area contributed by atoms with Gasteiger partial charge in [0.2, 0.25) is 10.0 Å². The Hall–Kier alpha value is -1.18. The van der Waals surface area contributed by atoms with Crippen LogP contribution < -0.4 is 10.0 Å². The maximum absolute atomic E-state index is 12.2. The zero-order valence-corrected chi connectivity index (χ0v) is 12.6. The molecule has 0 aliphatic carbocycles. The van der Waals surface area contributed by atoms with Gasteiger partial charge in [-0.05, 0) is 37.6 Å². The van der Waals surface area contributed by atoms with Gasteiger partial charge in [-0.1, -0.05) is 6.42 Å². The number of thiazole rings is 1. The summed E-state index contributed by atoms with van der Waals surface area (Å²) >= 11 is 1.50. The summed E-state index contributed by atoms with van der Waals surface area (Å²) < 4.78 is 28.0. The molecule has 7 heteroatoms. The lowest BCUT2D eigenvalue weighted by molar-refractivity contribution is 0.424. The number of piperidine rings is 1. The van der Waals surface area contributed by atoms with Gasteiger partial charge < -0.3 is 5.32 Å². The van der Waals surface area contributed by atoms with Crippen LogP contribution in [0.3, 0.4) is 0 Å². The van der Waals surface area contributed by atoms with Gasteiger partial charge in [0.25, 0.3) is 0 Å². The van der Waals surface area contributed by atoms with Crippen LogP contribution in [-0.2, 0) is 10.0 Å². The molecule has 2 heterocycles. The number of fused-ring (bicyclic) bond motifs is 1. The summed E-state index contributed by atoms with van der Waals surface area (Å²) in [5.41, 5.74) is 3.26. The molecule has 0 spiro atoms. The van der Waals surface area contributed by atoms with Crippen LogP contribution in [-0.4, -0.2) is 31.7 Å². The third-order valence-corrected chi connectivity index (χ3v) is 5.62. The van der Waals surface area contributed by atoms with Crippen molar-refractivity contribution in [2.75, 3.05) is 17.0 Å². The molecule has 108 valence electrons. The maximum atomic E-state index is 12.2. The summed E-state index contributed by atoms with van der Waals surface area (Å²) in [5.74, 6) is 0.133. The molecule has 0 amide bonds. The molecular weight excluding hydrogens is 294 g/mol. The minimum Gasteiger partial charge on any atom is -0.313 e. The molecule has 2 N–H and O–H groups in total. The van der Waals surface area contributed by atoms with E-state index in [1.54, 1.807) is 11.6 Å². The highest BCUT2D eigenvalue weighted by Gasteiger charge is 2.20. The number of rotatable bonds is 4. The van der Waals surface area contributed by atoms with Crippen molar-refractivity contribution in [1.82, 2.24) is 10.3 Å². The van der Waals surface area contributed by atoms with Crippen molar-refractivity contribution < 1.29 is 8.42 Å². The first-order chi connectivity index (χ1) is 9.62. The molecule has 0 saturated carbocycles. The monoisotopic (exact) mass is 311 g/mol. The van der Waals surface area contributed by atoms with Gasteiger partial charge in [-0.25, -0.2) is 13.4 Å². The molecule has 5 nitrogen and oxygen atoms in total. The number of hydrogen-bond acceptors (Lipinski definition) is 5. The molecule has 1 aromatic carbocycles. The van der Waals surface area contributed by atoms with Crippen molar-refractivity contribution in [3.8, 4) is 0 Å². The summed E-state index contributed by atoms with van der Waals surface area (Å²) in [6.45, 7) is 0.910. The van der Waals surface area contributed by atoms with E-state index in [1.807, 2.05) is 12.1 Å². The molecule has 1 saturated heterocycles. The van der Waals surface area contributed by atoms with E-state index in [1.165, 1.54) is 11.3 Å². The number of sulfonamides is 1. The molecule has 1 fully saturated rings. The van der Waals surface area contributed by atoms with Crippen molar-refractivity contribution in [1.29, 1.82) is 0 Å². The molecule has 20 heavy (non-hydrogen) atoms. The zero-order valence-electron chi connectivity index (χ0n) is 11.0. The Labute approximate surface area is 122 Å². The van der Waals surface area contributed by atoms with Gasteiger partial charge in [0, 0.05) is 6.04 Å². The smallest absolute Gasteiger partial charge is 0.234 e. The fraction of sp³-hybridized carbons (Fsp3) is 0.462. The molecule has 3 rings (SSSR count). The fourth-order valence-electron chi connectivity index (χ4n) is 2.47. The lowest BCUT2D eigenvalue weighted by Gasteiger charge is -2.23. The largest absolute Gasteiger partial charge is 0.313 e. The number of hydrogen-bond donors (Lipinski definition) is 2. The standard InChI is InChI=1S/C13H17N3O2S2/c17-20(18,8-11-3-1-2-6-14-11)16-10-4-5-12-13(7-10)19-9-15-12/h4-5,7,9,11,14,16H,1-3,6,8H2. The van der Waals surface area contributed by atoms with Crippen molar-refractivity contribution in [3.63, 3.8) is 0 Å². The van der Waals surface area contributed by atoms with Crippen LogP contribution in [0.25, 0.3) is 10.2 Å². The van der Waals surface area contributed by atoms with Crippen LogP contribution in [0, 0.1) is 0 Å². The maximum Gasteiger partial charge on any atom is 0.234 e. The summed E-state index contributed by atoms with van der Waals surface area (Å²) in [6, 6.07) is 5.49. The predicted octanol–water partition coefficient (Wildman–Crippen LogP) is 2.18. The van der Waals surface area contributed by atoms with E-state index in [0.29, 0.717) is 5.69 Å². The Balaban J connectivity index is 1.71. The Bertz CT molecular complexity index is 690. The average Bonchev–Trinajstić information content (AvgIpc) is 2.86. The molecule has 1 unspecified atom stereocenters. The highest BCUT2D eigenvalue weighted by molar-refractivity contribution is 7.92. The van der Waals surface area contributed by atoms with E-state index in [2.05, 4.69) is 15.0 Å². The van der Waals surface area contributed by atoms with Crippen LogP contribution in [0.5, 0.6) is 0 Å². The third kappa shape index (κ3) is 3.28. The van der Waals surface area contributed by atoms with Crippen LogP contribution in [0.2, 0.25) is 0 Å². The topological polar surface area (TPSA) is 71.1 Å². The summed E-state index contributed by atoms with van der Waals surface area (Å²) in [6.07, 6.45) is 3.15. The molecule has 0 bridgehead atoms. The summed E-state index contributed by atoms with van der Waals surface area (Å²) in [7, 11) is -3.31. The molecule has 1 atom stereocenters. The number of anilines is 1. The molecule has 1 aliphatic rings. The average molecular weight is 311 g/mol. The Morgan fingerprint density at radius 2 is 2.30 bits per heavy atom. The van der Waals surface area contributed by atoms with E-state index in [0.717, 1.165) is 36.0 Å². The molecule has 1 aromatic heterocycles. The summed E-state index contributed by atoms with van der Waals surface area (Å²) in [5, 5.41) is 3.26. The second-order valence-electron chi connectivity index (χ2n) is 5.07. The van der Waals surface area contributed by atoms with E-state index in [-0.39, 0.29) is 11.8 Å². The molecule has 2 aromatic rings. The van der Waals surface area contributed by atoms with Crippen LogP contribution >= 0.6 is 11.3 Å². The van der Waals surface area contributed by atoms with Crippen molar-refractivity contribution in [3.05, 3.63) is 23.7 Å². The number of nitrogens with zero attached hydrogens (tertiary/aromatic N) is 1. The third-order valence-electron chi connectivity index (χ3n) is 3.44. The van der Waals surface area contributed by atoms with E-state index < -0.39 is 10.0 Å². The molecular formula is C13H17N3O2S2. The first kappa shape index (κ1) is 13.8. The zero-order chi connectivity index (χ0) is 14.0. The number of nitrogens with one attached hydrogen (secondary N) is 2. The van der Waals surface area contributed by atoms with E-state index in [4.69, 9.17) is 0 Å². The van der Waals surface area contributed by atoms with Gasteiger partial charge in [-0.3, -0.25) is 4.72 Å². The van der Waals surface area contributed by atoms with Gasteiger partial charge in [-0.2, -0.15) is 0 Å². The van der Waals surface area contributed by atoms with Crippen molar-refractivity contribution >= 4 is 37.3 Å². The highest BCUT2D eigenvalue weighted by atomic mass is 32.2. The number of benzene rings is 1. The van der Waals surface area contributed by atoms with Crippen LogP contribution in [0.1, 0.15) is 19.3 Å². The Morgan fingerprint density at radius 1 is 1.40 bits per heavy atom. The van der Waals surface area contributed by atoms with Gasteiger partial charge in [0.05, 0.1) is 27.2 Å². The van der Waals surface area contributed by atoms with E-state index in [9.17, 15) is 8.42 Å². The van der Waals surface area contributed by atoms with Gasteiger partial charge in [0.15, 0.2) is 0 Å². The SMILES string of the molecule is O=S(=O)(CC1CCCCN1)Nc1ccc2ncsc2c1. The number of aromatic nitrogens is 1. The fourth-order valence-corrected chi connectivity index (χ4v) is 4.57. The van der Waals surface area contributed by atoms with Gasteiger partial charge in [0.1, 0.15) is 0 Å². The Morgan fingerprint density at radius 3 is 3.10 bits per heavy atom. The molecule has 1 aliphatic heterocycles. The van der Waals surface area contributed by atoms with Gasteiger partial charge in [-0.15, -0.1) is 11.3 Å². The predicted molar refractivity (Wildman–Crippen MR) is 82.7 cm³/mol. The summed E-state index contributed by atoms with van der Waals surface area (Å²) in [4.78, 5) is 4.18. The lowest BCUT2D eigenvalue weighted by atomic mass is 10.1. The minimum absolute atomic E-state index is 0.0633. The van der Waals surface area contributed by atoms with E-state index >= 15 is 0 Å². The van der Waals surface area contributed by atoms with Crippen LogP contribution in [0.4, 0.5) is 5.69 Å². The first-order valence-electron chi connectivity index (χ1n) is 6.69. The Kier molecular flexibility index (Phi) is 3.91. The molecule has 0 radical (unpaired) electrons. The highest BCUT2D eigenvalue weighted by Crippen LogP contribution is 2.22. The van der Waals surface area contributed by atoms with Gasteiger partial charge >= 0.3 is 0 Å².